The summed E-state index contributed by atoms with van der Waals surface area (Å²) in [6.07, 6.45) is 2.86. The maximum absolute atomic E-state index is 12.4. The monoisotopic (exact) mass is 300 g/mol. The van der Waals surface area contributed by atoms with E-state index in [9.17, 15) is 8.78 Å². The third-order valence-electron chi connectivity index (χ3n) is 1.93. The van der Waals surface area contributed by atoms with Crippen molar-refractivity contribution in [2.24, 2.45) is 0 Å². The van der Waals surface area contributed by atoms with Gasteiger partial charge in [-0.15, -0.1) is 0 Å². The third kappa shape index (κ3) is 4.56. The minimum Gasteiger partial charge on any atom is -0.228 e. The molecule has 0 fully saturated rings. The summed E-state index contributed by atoms with van der Waals surface area (Å²) in [5.41, 5.74) is 1.19. The summed E-state index contributed by atoms with van der Waals surface area (Å²) < 4.78 is 24.7. The second kappa shape index (κ2) is 7.06. The van der Waals surface area contributed by atoms with Crippen LogP contribution in [0.2, 0.25) is 0 Å². The van der Waals surface area contributed by atoms with E-state index in [1.165, 1.54) is 12.4 Å². The van der Waals surface area contributed by atoms with Crippen LogP contribution in [0.3, 0.4) is 0 Å². The van der Waals surface area contributed by atoms with Crippen LogP contribution in [0.5, 0.6) is 0 Å². The van der Waals surface area contributed by atoms with Gasteiger partial charge in [0.2, 0.25) is 11.9 Å². The van der Waals surface area contributed by atoms with Crippen LogP contribution < -0.4 is 0 Å². The van der Waals surface area contributed by atoms with Gasteiger partial charge in [0.15, 0.2) is 0 Å². The molecule has 0 radical (unpaired) electrons. The fourth-order valence-electron chi connectivity index (χ4n) is 0.985. The molecule has 5 heteroatoms. The summed E-state index contributed by atoms with van der Waals surface area (Å²) in [4.78, 5) is 6.87. The number of aromatic nitrogens is 2. The van der Waals surface area contributed by atoms with Gasteiger partial charge in [-0.1, -0.05) is 28.1 Å². The van der Waals surface area contributed by atoms with Gasteiger partial charge in [-0.3, -0.25) is 0 Å². The Morgan fingerprint density at radius 1 is 1.06 bits per heavy atom. The largest absolute Gasteiger partial charge is 0.228 e. The van der Waals surface area contributed by atoms with Crippen LogP contribution in [0.25, 0.3) is 0 Å². The lowest BCUT2D eigenvalue weighted by Gasteiger charge is -1.92. The molecule has 0 atom stereocenters. The zero-order valence-electron chi connectivity index (χ0n) is 9.20. The highest BCUT2D eigenvalue weighted by Gasteiger charge is 1.96. The first-order chi connectivity index (χ1) is 8.15. The van der Waals surface area contributed by atoms with Gasteiger partial charge in [0.1, 0.15) is 0 Å². The van der Waals surface area contributed by atoms with Crippen molar-refractivity contribution in [3.8, 4) is 0 Å². The van der Waals surface area contributed by atoms with E-state index in [1.807, 2.05) is 0 Å². The molecule has 0 saturated carbocycles. The van der Waals surface area contributed by atoms with Gasteiger partial charge < -0.3 is 0 Å². The molecule has 0 spiro atoms. The van der Waals surface area contributed by atoms with Gasteiger partial charge in [-0.25, -0.2) is 9.97 Å². The molecule has 0 aliphatic carbocycles. The molecule has 0 saturated heterocycles. The van der Waals surface area contributed by atoms with Gasteiger partial charge >= 0.3 is 0 Å². The standard InChI is InChI=1S/C6H5BrFN.C6H6FN/c7-4-5-2-1-3-9-6(5)8;1-5-3-2-4-8-6(5)7/h1-3H,4H2;2-4H,1H3. The van der Waals surface area contributed by atoms with E-state index >= 15 is 0 Å². The van der Waals surface area contributed by atoms with E-state index in [0.29, 0.717) is 16.5 Å². The van der Waals surface area contributed by atoms with Crippen molar-refractivity contribution >= 4 is 15.9 Å². The first kappa shape index (κ1) is 13.7. The molecule has 0 aliphatic heterocycles. The fraction of sp³-hybridized carbons (Fsp3) is 0.167. The van der Waals surface area contributed by atoms with Crippen molar-refractivity contribution in [1.82, 2.24) is 9.97 Å². The number of alkyl halides is 1. The highest BCUT2D eigenvalue weighted by Crippen LogP contribution is 2.06. The number of hydrogen-bond donors (Lipinski definition) is 0. The molecule has 0 aliphatic rings. The average molecular weight is 301 g/mol. The quantitative estimate of drug-likeness (QED) is 0.593. The lowest BCUT2D eigenvalue weighted by atomic mass is 10.3. The zero-order valence-corrected chi connectivity index (χ0v) is 10.8. The Labute approximate surface area is 107 Å². The lowest BCUT2D eigenvalue weighted by molar-refractivity contribution is 0.573. The second-order valence-electron chi connectivity index (χ2n) is 3.20. The molecule has 0 unspecified atom stereocenters. The molecule has 0 N–H and O–H groups in total. The molecule has 0 amide bonds. The van der Waals surface area contributed by atoms with Crippen LogP contribution >= 0.6 is 15.9 Å². The van der Waals surface area contributed by atoms with Crippen LogP contribution in [0, 0.1) is 18.8 Å². The molecule has 0 bridgehead atoms. The van der Waals surface area contributed by atoms with Gasteiger partial charge in [0.05, 0.1) is 0 Å². The normalized spacial score (nSPS) is 9.41. The predicted octanol–water partition coefficient (Wildman–Crippen LogP) is 3.64. The van der Waals surface area contributed by atoms with E-state index in [0.717, 1.165) is 0 Å². The van der Waals surface area contributed by atoms with Gasteiger partial charge in [-0.05, 0) is 19.1 Å². The number of hydrogen-bond acceptors (Lipinski definition) is 2. The van der Waals surface area contributed by atoms with Crippen LogP contribution in [-0.4, -0.2) is 9.97 Å². The topological polar surface area (TPSA) is 25.8 Å². The summed E-state index contributed by atoms with van der Waals surface area (Å²) in [6, 6.07) is 6.79. The van der Waals surface area contributed by atoms with E-state index < -0.39 is 5.95 Å². The van der Waals surface area contributed by atoms with E-state index in [4.69, 9.17) is 0 Å². The lowest BCUT2D eigenvalue weighted by Crippen LogP contribution is -1.87. The fourth-order valence-corrected chi connectivity index (χ4v) is 1.40. The summed E-state index contributed by atoms with van der Waals surface area (Å²) in [6.45, 7) is 1.68. The Morgan fingerprint density at radius 3 is 2.00 bits per heavy atom. The smallest absolute Gasteiger partial charge is 0.216 e. The molecule has 0 aromatic carbocycles. The van der Waals surface area contributed by atoms with Crippen molar-refractivity contribution in [1.29, 1.82) is 0 Å². The van der Waals surface area contributed by atoms with Crippen molar-refractivity contribution in [3.63, 3.8) is 0 Å². The maximum atomic E-state index is 12.4. The second-order valence-corrected chi connectivity index (χ2v) is 3.76. The molecule has 17 heavy (non-hydrogen) atoms. The molecule has 2 nitrogen and oxygen atoms in total. The number of pyridine rings is 2. The number of halogens is 3. The first-order valence-electron chi connectivity index (χ1n) is 4.87. The third-order valence-corrected chi connectivity index (χ3v) is 2.53. The highest BCUT2D eigenvalue weighted by atomic mass is 79.9. The number of nitrogens with zero attached hydrogens (tertiary/aromatic N) is 2. The summed E-state index contributed by atoms with van der Waals surface area (Å²) >= 11 is 3.13. The van der Waals surface area contributed by atoms with E-state index in [2.05, 4.69) is 25.9 Å². The highest BCUT2D eigenvalue weighted by molar-refractivity contribution is 9.08. The first-order valence-corrected chi connectivity index (χ1v) is 5.99. The van der Waals surface area contributed by atoms with Gasteiger partial charge in [0, 0.05) is 28.9 Å². The maximum Gasteiger partial charge on any atom is 0.216 e. The van der Waals surface area contributed by atoms with Gasteiger partial charge in [0.25, 0.3) is 0 Å². The van der Waals surface area contributed by atoms with E-state index in [1.54, 1.807) is 31.2 Å². The average Bonchev–Trinajstić information content (AvgIpc) is 2.34. The number of aryl methyl sites for hydroxylation is 1. The Balaban J connectivity index is 0.000000171. The Kier molecular flexibility index (Phi) is 5.69. The minimum absolute atomic E-state index is 0.382. The van der Waals surface area contributed by atoms with Crippen LogP contribution in [0.4, 0.5) is 8.78 Å². The Morgan fingerprint density at radius 2 is 1.65 bits per heavy atom. The van der Waals surface area contributed by atoms with Crippen LogP contribution in [0.15, 0.2) is 36.7 Å². The molecule has 2 aromatic heterocycles. The zero-order chi connectivity index (χ0) is 12.7. The Bertz CT molecular complexity index is 457. The van der Waals surface area contributed by atoms with E-state index in [-0.39, 0.29) is 5.95 Å². The predicted molar refractivity (Wildman–Crippen MR) is 65.8 cm³/mol. The molecular weight excluding hydrogens is 290 g/mol. The molecular formula is C12H11BrF2N2. The van der Waals surface area contributed by atoms with Crippen molar-refractivity contribution in [2.75, 3.05) is 0 Å². The van der Waals surface area contributed by atoms with Crippen molar-refractivity contribution in [2.45, 2.75) is 12.3 Å². The van der Waals surface area contributed by atoms with Crippen LogP contribution in [0.1, 0.15) is 11.1 Å². The van der Waals surface area contributed by atoms with Crippen molar-refractivity contribution < 1.29 is 8.78 Å². The van der Waals surface area contributed by atoms with Gasteiger partial charge in [-0.2, -0.15) is 8.78 Å². The minimum atomic E-state index is -0.394. The summed E-state index contributed by atoms with van der Waals surface area (Å²) in [5.74, 6) is -0.776. The molecule has 2 heterocycles. The summed E-state index contributed by atoms with van der Waals surface area (Å²) in [5, 5.41) is 0.521. The van der Waals surface area contributed by atoms with Crippen LogP contribution in [-0.2, 0) is 5.33 Å². The Hall–Kier alpha value is -1.36. The SMILES string of the molecule is Cc1cccnc1F.Fc1ncccc1CBr. The van der Waals surface area contributed by atoms with Crippen molar-refractivity contribution in [3.05, 3.63) is 59.7 Å². The molecule has 2 rings (SSSR count). The molecule has 90 valence electrons. The molecule has 2 aromatic rings. The summed E-state index contributed by atoms with van der Waals surface area (Å²) in [7, 11) is 0. The number of rotatable bonds is 1.